The fourth-order valence-electron chi connectivity index (χ4n) is 4.11. The molecule has 1 atom stereocenters. The standard InChI is InChI=1S/C31H34FN5O3/c1-4-40-29-18-26-25(17-27(29)35-30(38)14-9-15-37(2)3)31(34-21-33-26)36-28(23-11-6-5-7-12-23)20-39-19-22-10-8-13-24(32)16-22/h5-14,16-18,21,28H,4,15,19-20H2,1-3H3,(H,35,38)(H,33,34,36). The molecule has 0 saturated heterocycles. The molecule has 4 rings (SSSR count). The quantitative estimate of drug-likeness (QED) is 0.212. The van der Waals surface area contributed by atoms with Crippen LogP contribution in [0.4, 0.5) is 15.9 Å². The lowest BCUT2D eigenvalue weighted by atomic mass is 10.1. The molecule has 0 radical (unpaired) electrons. The third kappa shape index (κ3) is 8.08. The highest BCUT2D eigenvalue weighted by atomic mass is 19.1. The smallest absolute Gasteiger partial charge is 0.248 e. The van der Waals surface area contributed by atoms with Crippen molar-refractivity contribution in [2.75, 3.05) is 44.5 Å². The first-order valence-electron chi connectivity index (χ1n) is 13.1. The molecule has 0 aliphatic carbocycles. The van der Waals surface area contributed by atoms with Crippen LogP contribution in [-0.2, 0) is 16.1 Å². The number of carbonyl (C=O) groups excluding carboxylic acids is 1. The number of anilines is 2. The summed E-state index contributed by atoms with van der Waals surface area (Å²) >= 11 is 0. The predicted molar refractivity (Wildman–Crippen MR) is 156 cm³/mol. The lowest BCUT2D eigenvalue weighted by molar-refractivity contribution is -0.111. The van der Waals surface area contributed by atoms with Crippen LogP contribution >= 0.6 is 0 Å². The van der Waals surface area contributed by atoms with E-state index in [1.807, 2.05) is 68.4 Å². The maximum Gasteiger partial charge on any atom is 0.248 e. The molecule has 9 heteroatoms. The largest absolute Gasteiger partial charge is 0.492 e. The van der Waals surface area contributed by atoms with E-state index in [9.17, 15) is 9.18 Å². The predicted octanol–water partition coefficient (Wildman–Crippen LogP) is 5.59. The summed E-state index contributed by atoms with van der Waals surface area (Å²) < 4.78 is 25.4. The monoisotopic (exact) mass is 543 g/mol. The van der Waals surface area contributed by atoms with E-state index < -0.39 is 0 Å². The van der Waals surface area contributed by atoms with E-state index in [1.54, 1.807) is 18.2 Å². The number of rotatable bonds is 13. The molecule has 0 aliphatic heterocycles. The molecule has 0 fully saturated rings. The number of halogens is 1. The molecule has 40 heavy (non-hydrogen) atoms. The molecule has 0 aliphatic rings. The molecular formula is C31H34FN5O3. The van der Waals surface area contributed by atoms with Crippen molar-refractivity contribution in [2.45, 2.75) is 19.6 Å². The van der Waals surface area contributed by atoms with E-state index in [4.69, 9.17) is 9.47 Å². The Morgan fingerprint density at radius 1 is 1.07 bits per heavy atom. The molecule has 0 spiro atoms. The fraction of sp³-hybridized carbons (Fsp3) is 0.258. The Morgan fingerprint density at radius 3 is 2.65 bits per heavy atom. The summed E-state index contributed by atoms with van der Waals surface area (Å²) in [5.74, 6) is 0.539. The summed E-state index contributed by atoms with van der Waals surface area (Å²) in [5.41, 5.74) is 2.93. The van der Waals surface area contributed by atoms with Crippen molar-refractivity contribution in [3.05, 3.63) is 102 Å². The molecule has 0 saturated carbocycles. The molecule has 1 unspecified atom stereocenters. The van der Waals surface area contributed by atoms with Gasteiger partial charge in [-0.15, -0.1) is 0 Å². The van der Waals surface area contributed by atoms with Gasteiger partial charge in [-0.05, 0) is 50.3 Å². The molecule has 208 valence electrons. The summed E-state index contributed by atoms with van der Waals surface area (Å²) in [5, 5.41) is 7.13. The van der Waals surface area contributed by atoms with Crippen LogP contribution in [0.15, 0.2) is 85.2 Å². The highest BCUT2D eigenvalue weighted by Crippen LogP contribution is 2.33. The van der Waals surface area contributed by atoms with Gasteiger partial charge in [0.25, 0.3) is 0 Å². The molecule has 1 amide bonds. The van der Waals surface area contributed by atoms with Gasteiger partial charge < -0.3 is 25.0 Å². The van der Waals surface area contributed by atoms with Gasteiger partial charge in [0.2, 0.25) is 5.91 Å². The van der Waals surface area contributed by atoms with E-state index in [2.05, 4.69) is 20.6 Å². The van der Waals surface area contributed by atoms with Crippen LogP contribution in [0.25, 0.3) is 10.9 Å². The van der Waals surface area contributed by atoms with Crippen LogP contribution in [0.2, 0.25) is 0 Å². The number of ether oxygens (including phenoxy) is 2. The third-order valence-corrected chi connectivity index (χ3v) is 5.99. The van der Waals surface area contributed by atoms with Crippen molar-refractivity contribution in [3.8, 4) is 5.75 Å². The first-order valence-corrected chi connectivity index (χ1v) is 13.1. The topological polar surface area (TPSA) is 88.6 Å². The number of nitrogens with zero attached hydrogens (tertiary/aromatic N) is 3. The average molecular weight is 544 g/mol. The van der Waals surface area contributed by atoms with Crippen LogP contribution in [0, 0.1) is 5.82 Å². The van der Waals surface area contributed by atoms with Gasteiger partial charge in [0.05, 0.1) is 37.1 Å². The first kappa shape index (κ1) is 28.7. The van der Waals surface area contributed by atoms with Crippen molar-refractivity contribution in [1.29, 1.82) is 0 Å². The number of carbonyl (C=O) groups is 1. The minimum atomic E-state index is -0.297. The van der Waals surface area contributed by atoms with Gasteiger partial charge in [-0.2, -0.15) is 0 Å². The number of hydrogen-bond donors (Lipinski definition) is 2. The second-order valence-electron chi connectivity index (χ2n) is 9.43. The lowest BCUT2D eigenvalue weighted by Gasteiger charge is -2.21. The zero-order chi connectivity index (χ0) is 28.3. The van der Waals surface area contributed by atoms with E-state index in [0.717, 1.165) is 11.1 Å². The van der Waals surface area contributed by atoms with Crippen molar-refractivity contribution < 1.29 is 18.7 Å². The zero-order valence-corrected chi connectivity index (χ0v) is 22.9. The Morgan fingerprint density at radius 2 is 1.90 bits per heavy atom. The summed E-state index contributed by atoms with van der Waals surface area (Å²) in [6.07, 6.45) is 4.78. The Hall–Kier alpha value is -4.34. The van der Waals surface area contributed by atoms with Gasteiger partial charge in [0.1, 0.15) is 23.7 Å². The summed E-state index contributed by atoms with van der Waals surface area (Å²) in [6.45, 7) is 3.53. The van der Waals surface area contributed by atoms with Crippen LogP contribution in [-0.4, -0.2) is 54.6 Å². The summed E-state index contributed by atoms with van der Waals surface area (Å²) in [6, 6.07) is 19.6. The fourth-order valence-corrected chi connectivity index (χ4v) is 4.11. The maximum atomic E-state index is 13.6. The van der Waals surface area contributed by atoms with E-state index in [0.29, 0.717) is 47.9 Å². The van der Waals surface area contributed by atoms with E-state index in [1.165, 1.54) is 24.5 Å². The van der Waals surface area contributed by atoms with Crippen molar-refractivity contribution in [1.82, 2.24) is 14.9 Å². The van der Waals surface area contributed by atoms with Crippen molar-refractivity contribution in [3.63, 3.8) is 0 Å². The third-order valence-electron chi connectivity index (χ3n) is 5.99. The van der Waals surface area contributed by atoms with Gasteiger partial charge in [-0.25, -0.2) is 14.4 Å². The molecule has 4 aromatic rings. The molecule has 8 nitrogen and oxygen atoms in total. The molecule has 2 N–H and O–H groups in total. The van der Waals surface area contributed by atoms with Crippen LogP contribution in [0.1, 0.15) is 24.1 Å². The summed E-state index contributed by atoms with van der Waals surface area (Å²) in [7, 11) is 3.87. The Bertz CT molecular complexity index is 1450. The Labute approximate surface area is 233 Å². The number of aromatic nitrogens is 2. The van der Waals surface area contributed by atoms with Gasteiger partial charge in [0, 0.05) is 24.1 Å². The highest BCUT2D eigenvalue weighted by Gasteiger charge is 2.17. The van der Waals surface area contributed by atoms with Gasteiger partial charge in [-0.3, -0.25) is 4.79 Å². The van der Waals surface area contributed by atoms with Gasteiger partial charge in [0.15, 0.2) is 0 Å². The number of nitrogens with one attached hydrogen (secondary N) is 2. The molecule has 0 bridgehead atoms. The number of hydrogen-bond acceptors (Lipinski definition) is 7. The molecule has 3 aromatic carbocycles. The number of likely N-dealkylation sites (N-methyl/N-ethyl adjacent to an activating group) is 1. The second-order valence-corrected chi connectivity index (χ2v) is 9.43. The van der Waals surface area contributed by atoms with Crippen molar-refractivity contribution in [2.24, 2.45) is 0 Å². The summed E-state index contributed by atoms with van der Waals surface area (Å²) in [4.78, 5) is 23.5. The molecule has 1 heterocycles. The Balaban J connectivity index is 1.61. The van der Waals surface area contributed by atoms with Crippen molar-refractivity contribution >= 4 is 28.3 Å². The number of benzene rings is 3. The van der Waals surface area contributed by atoms with Gasteiger partial charge in [-0.1, -0.05) is 48.5 Å². The maximum absolute atomic E-state index is 13.6. The highest BCUT2D eigenvalue weighted by molar-refractivity contribution is 6.03. The minimum absolute atomic E-state index is 0.258. The van der Waals surface area contributed by atoms with E-state index >= 15 is 0 Å². The van der Waals surface area contributed by atoms with E-state index in [-0.39, 0.29) is 24.4 Å². The Kier molecular flexibility index (Phi) is 10.1. The number of fused-ring (bicyclic) bond motifs is 1. The zero-order valence-electron chi connectivity index (χ0n) is 22.9. The lowest BCUT2D eigenvalue weighted by Crippen LogP contribution is -2.18. The van der Waals surface area contributed by atoms with Crippen LogP contribution in [0.3, 0.4) is 0 Å². The molecule has 1 aromatic heterocycles. The van der Waals surface area contributed by atoms with Crippen LogP contribution in [0.5, 0.6) is 5.75 Å². The first-order chi connectivity index (χ1) is 19.4. The average Bonchev–Trinajstić information content (AvgIpc) is 2.93. The molecular weight excluding hydrogens is 509 g/mol. The normalized spacial score (nSPS) is 12.1. The van der Waals surface area contributed by atoms with Crippen LogP contribution < -0.4 is 15.4 Å². The number of amides is 1. The SMILES string of the molecule is CCOc1cc2ncnc(NC(COCc3cccc(F)c3)c3ccccc3)c2cc1NC(=O)C=CCN(C)C. The minimum Gasteiger partial charge on any atom is -0.492 e. The van der Waals surface area contributed by atoms with Gasteiger partial charge >= 0.3 is 0 Å². The second kappa shape index (κ2) is 14.2.